The molecule has 0 aliphatic carbocycles. The van der Waals surface area contributed by atoms with Gasteiger partial charge in [-0.2, -0.15) is 4.31 Å². The molecule has 0 atom stereocenters. The van der Waals surface area contributed by atoms with Gasteiger partial charge in [-0.05, 0) is 36.4 Å². The van der Waals surface area contributed by atoms with E-state index in [2.05, 4.69) is 5.32 Å². The van der Waals surface area contributed by atoms with Crippen molar-refractivity contribution < 1.29 is 22.7 Å². The van der Waals surface area contributed by atoms with Crippen molar-refractivity contribution in [2.75, 3.05) is 38.7 Å². The summed E-state index contributed by atoms with van der Waals surface area (Å²) in [5.74, 6) is -0.168. The second-order valence-electron chi connectivity index (χ2n) is 6.34. The van der Waals surface area contributed by atoms with Crippen molar-refractivity contribution in [1.82, 2.24) is 4.31 Å². The first-order valence-electron chi connectivity index (χ1n) is 9.02. The zero-order chi connectivity index (χ0) is 21.7. The fraction of sp³-hybridized carbons (Fsp3) is 0.250. The Bertz CT molecular complexity index is 1050. The summed E-state index contributed by atoms with van der Waals surface area (Å²) in [5.41, 5.74) is 0.735. The highest BCUT2D eigenvalue weighted by molar-refractivity contribution is 7.89. The summed E-state index contributed by atoms with van der Waals surface area (Å²) >= 11 is 12.2. The number of nitrogens with one attached hydrogen (secondary N) is 1. The normalized spacial score (nSPS) is 15.3. The molecule has 0 unspecified atom stereocenters. The van der Waals surface area contributed by atoms with Gasteiger partial charge in [0.15, 0.2) is 0 Å². The number of morpholine rings is 1. The van der Waals surface area contributed by atoms with Gasteiger partial charge in [0.05, 0.1) is 30.9 Å². The van der Waals surface area contributed by atoms with Crippen LogP contribution >= 0.6 is 23.2 Å². The summed E-state index contributed by atoms with van der Waals surface area (Å²) < 4.78 is 37.6. The molecule has 1 saturated heterocycles. The smallest absolute Gasteiger partial charge is 0.248 e. The average molecular weight is 471 g/mol. The van der Waals surface area contributed by atoms with E-state index in [1.807, 2.05) is 0 Å². The molecule has 1 amide bonds. The number of hydrogen-bond acceptors (Lipinski definition) is 5. The summed E-state index contributed by atoms with van der Waals surface area (Å²) in [4.78, 5) is 12.5. The molecule has 1 aliphatic rings. The van der Waals surface area contributed by atoms with Gasteiger partial charge in [-0.1, -0.05) is 29.3 Å². The summed E-state index contributed by atoms with van der Waals surface area (Å²) in [6.07, 6.45) is 2.75. The van der Waals surface area contributed by atoms with E-state index in [4.69, 9.17) is 32.7 Å². The van der Waals surface area contributed by atoms with Crippen molar-refractivity contribution in [3.63, 3.8) is 0 Å². The molecule has 0 spiro atoms. The number of rotatable bonds is 6. The molecular formula is C20H20Cl2N2O5S. The SMILES string of the molecule is COc1ccc(S(=O)(=O)N2CCOCC2)cc1NC(=O)C=Cc1c(Cl)cccc1Cl. The van der Waals surface area contributed by atoms with Crippen molar-refractivity contribution in [2.24, 2.45) is 0 Å². The third-order valence-electron chi connectivity index (χ3n) is 4.44. The molecule has 2 aromatic carbocycles. The average Bonchev–Trinajstić information content (AvgIpc) is 2.74. The fourth-order valence-electron chi connectivity index (χ4n) is 2.88. The molecule has 2 aromatic rings. The monoisotopic (exact) mass is 470 g/mol. The van der Waals surface area contributed by atoms with E-state index < -0.39 is 15.9 Å². The third-order valence-corrected chi connectivity index (χ3v) is 6.99. The lowest BCUT2D eigenvalue weighted by Gasteiger charge is -2.26. The predicted octanol–water partition coefficient (Wildman–Crippen LogP) is 3.67. The van der Waals surface area contributed by atoms with Crippen LogP contribution in [-0.4, -0.2) is 52.0 Å². The van der Waals surface area contributed by atoms with Crippen LogP contribution in [0.2, 0.25) is 10.0 Å². The van der Waals surface area contributed by atoms with Gasteiger partial charge in [0.2, 0.25) is 15.9 Å². The summed E-state index contributed by atoms with van der Waals surface area (Å²) in [6, 6.07) is 9.34. The number of hydrogen-bond donors (Lipinski definition) is 1. The number of carbonyl (C=O) groups excluding carboxylic acids is 1. The van der Waals surface area contributed by atoms with Crippen molar-refractivity contribution in [2.45, 2.75) is 4.90 Å². The molecule has 3 rings (SSSR count). The molecule has 160 valence electrons. The lowest BCUT2D eigenvalue weighted by molar-refractivity contribution is -0.111. The van der Waals surface area contributed by atoms with Crippen molar-refractivity contribution in [1.29, 1.82) is 0 Å². The summed E-state index contributed by atoms with van der Waals surface area (Å²) in [5, 5.41) is 3.45. The first kappa shape index (κ1) is 22.6. The molecule has 7 nitrogen and oxygen atoms in total. The van der Waals surface area contributed by atoms with Crippen LogP contribution in [0.15, 0.2) is 47.4 Å². The van der Waals surface area contributed by atoms with Crippen molar-refractivity contribution >= 4 is 50.9 Å². The van der Waals surface area contributed by atoms with Crippen LogP contribution in [0.25, 0.3) is 6.08 Å². The van der Waals surface area contributed by atoms with Crippen molar-refractivity contribution in [3.05, 3.63) is 58.1 Å². The number of anilines is 1. The van der Waals surface area contributed by atoms with E-state index in [-0.39, 0.29) is 23.7 Å². The number of halogens is 2. The maximum Gasteiger partial charge on any atom is 0.248 e. The van der Waals surface area contributed by atoms with Crippen LogP contribution in [0.1, 0.15) is 5.56 Å². The van der Waals surface area contributed by atoms with E-state index >= 15 is 0 Å². The van der Waals surface area contributed by atoms with Crippen LogP contribution in [0.5, 0.6) is 5.75 Å². The topological polar surface area (TPSA) is 84.9 Å². The van der Waals surface area contributed by atoms with Crippen molar-refractivity contribution in [3.8, 4) is 5.75 Å². The molecule has 0 aromatic heterocycles. The zero-order valence-electron chi connectivity index (χ0n) is 16.1. The molecular weight excluding hydrogens is 451 g/mol. The molecule has 0 saturated carbocycles. The molecule has 1 fully saturated rings. The quantitative estimate of drug-likeness (QED) is 0.650. The molecule has 0 radical (unpaired) electrons. The number of sulfonamides is 1. The highest BCUT2D eigenvalue weighted by atomic mass is 35.5. The first-order chi connectivity index (χ1) is 14.3. The van der Waals surface area contributed by atoms with Gasteiger partial charge in [0.1, 0.15) is 5.75 Å². The fourth-order valence-corrected chi connectivity index (χ4v) is 4.84. The zero-order valence-corrected chi connectivity index (χ0v) is 18.4. The Balaban J connectivity index is 1.83. The molecule has 1 N–H and O–H groups in total. The Labute approximate surface area is 185 Å². The number of nitrogens with zero attached hydrogens (tertiary/aromatic N) is 1. The van der Waals surface area contributed by atoms with Gasteiger partial charge in [-0.25, -0.2) is 8.42 Å². The minimum absolute atomic E-state index is 0.0543. The van der Waals surface area contributed by atoms with Crippen LogP contribution in [0.3, 0.4) is 0 Å². The first-order valence-corrected chi connectivity index (χ1v) is 11.2. The minimum atomic E-state index is -3.72. The van der Waals surface area contributed by atoms with Gasteiger partial charge in [0.25, 0.3) is 0 Å². The molecule has 10 heteroatoms. The highest BCUT2D eigenvalue weighted by Gasteiger charge is 2.27. The minimum Gasteiger partial charge on any atom is -0.495 e. The molecule has 1 heterocycles. The number of amides is 1. The lowest BCUT2D eigenvalue weighted by atomic mass is 10.2. The van der Waals surface area contributed by atoms with Gasteiger partial charge in [-0.15, -0.1) is 0 Å². The number of carbonyl (C=O) groups is 1. The van der Waals surface area contributed by atoms with Gasteiger partial charge >= 0.3 is 0 Å². The Morgan fingerprint density at radius 3 is 2.47 bits per heavy atom. The van der Waals surface area contributed by atoms with E-state index in [9.17, 15) is 13.2 Å². The summed E-state index contributed by atoms with van der Waals surface area (Å²) in [6.45, 7) is 1.23. The van der Waals surface area contributed by atoms with Crippen LogP contribution in [0, 0.1) is 0 Å². The van der Waals surface area contributed by atoms with Gasteiger partial charge in [0, 0.05) is 34.8 Å². The van der Waals surface area contributed by atoms with E-state index in [1.165, 1.54) is 41.8 Å². The Kier molecular flexibility index (Phi) is 7.38. The second-order valence-corrected chi connectivity index (χ2v) is 9.09. The van der Waals surface area contributed by atoms with Gasteiger partial charge < -0.3 is 14.8 Å². The standard InChI is InChI=1S/C20H20Cl2N2O5S/c1-28-19-7-5-14(30(26,27)24-9-11-29-12-10-24)13-18(19)23-20(25)8-6-15-16(21)3-2-4-17(15)22/h2-8,13H,9-12H2,1H3,(H,23,25). The summed E-state index contributed by atoms with van der Waals surface area (Å²) in [7, 11) is -2.29. The van der Waals surface area contributed by atoms with E-state index in [0.717, 1.165) is 0 Å². The van der Waals surface area contributed by atoms with Crippen LogP contribution in [-0.2, 0) is 19.6 Å². The van der Waals surface area contributed by atoms with E-state index in [0.29, 0.717) is 34.6 Å². The Hall–Kier alpha value is -2.10. The largest absolute Gasteiger partial charge is 0.495 e. The van der Waals surface area contributed by atoms with Crippen LogP contribution < -0.4 is 10.1 Å². The highest BCUT2D eigenvalue weighted by Crippen LogP contribution is 2.30. The second kappa shape index (κ2) is 9.80. The third kappa shape index (κ3) is 5.14. The van der Waals surface area contributed by atoms with Gasteiger partial charge in [-0.3, -0.25) is 4.79 Å². The number of ether oxygens (including phenoxy) is 2. The maximum absolute atomic E-state index is 12.9. The maximum atomic E-state index is 12.9. The predicted molar refractivity (Wildman–Crippen MR) is 117 cm³/mol. The lowest BCUT2D eigenvalue weighted by Crippen LogP contribution is -2.40. The molecule has 30 heavy (non-hydrogen) atoms. The number of methoxy groups -OCH3 is 1. The van der Waals surface area contributed by atoms with Crippen LogP contribution in [0.4, 0.5) is 5.69 Å². The Morgan fingerprint density at radius 1 is 1.17 bits per heavy atom. The molecule has 1 aliphatic heterocycles. The number of benzene rings is 2. The Morgan fingerprint density at radius 2 is 1.83 bits per heavy atom. The van der Waals surface area contributed by atoms with E-state index in [1.54, 1.807) is 18.2 Å². The molecule has 0 bridgehead atoms.